The third kappa shape index (κ3) is 3.37. The standard InChI is InChI=1S/C16H19N3O/c17-9-13-3-1-2-4-15(13)18-16(20)11-19(14-7-8-14)10-12-5-6-12/h1-4,12,14H,5-8,10-11H2,(H,18,20). The van der Waals surface area contributed by atoms with Gasteiger partial charge in [-0.05, 0) is 43.7 Å². The van der Waals surface area contributed by atoms with Gasteiger partial charge in [-0.15, -0.1) is 0 Å². The highest BCUT2D eigenvalue weighted by molar-refractivity contribution is 5.93. The number of hydrogen-bond donors (Lipinski definition) is 1. The first-order chi connectivity index (χ1) is 9.76. The largest absolute Gasteiger partial charge is 0.324 e. The van der Waals surface area contributed by atoms with E-state index in [2.05, 4.69) is 16.3 Å². The summed E-state index contributed by atoms with van der Waals surface area (Å²) in [6.45, 7) is 1.50. The molecule has 0 bridgehead atoms. The van der Waals surface area contributed by atoms with Crippen molar-refractivity contribution in [3.05, 3.63) is 29.8 Å². The first kappa shape index (κ1) is 13.1. The fraction of sp³-hybridized carbons (Fsp3) is 0.500. The average Bonchev–Trinajstić information content (AvgIpc) is 3.31. The van der Waals surface area contributed by atoms with E-state index in [0.29, 0.717) is 23.8 Å². The monoisotopic (exact) mass is 269 g/mol. The van der Waals surface area contributed by atoms with Crippen LogP contribution in [0.15, 0.2) is 24.3 Å². The molecule has 0 aliphatic heterocycles. The topological polar surface area (TPSA) is 56.1 Å². The molecule has 2 saturated carbocycles. The van der Waals surface area contributed by atoms with Crippen LogP contribution in [0.3, 0.4) is 0 Å². The Balaban J connectivity index is 1.59. The summed E-state index contributed by atoms with van der Waals surface area (Å²) < 4.78 is 0. The lowest BCUT2D eigenvalue weighted by Crippen LogP contribution is -2.36. The van der Waals surface area contributed by atoms with Gasteiger partial charge in [-0.1, -0.05) is 12.1 Å². The molecule has 2 aliphatic carbocycles. The van der Waals surface area contributed by atoms with Gasteiger partial charge in [0.05, 0.1) is 17.8 Å². The first-order valence-corrected chi connectivity index (χ1v) is 7.29. The summed E-state index contributed by atoms with van der Waals surface area (Å²) in [6, 6.07) is 9.84. The quantitative estimate of drug-likeness (QED) is 0.862. The van der Waals surface area contributed by atoms with Crippen LogP contribution in [0.25, 0.3) is 0 Å². The summed E-state index contributed by atoms with van der Waals surface area (Å²) in [5.74, 6) is 0.787. The highest BCUT2D eigenvalue weighted by atomic mass is 16.2. The molecule has 2 fully saturated rings. The zero-order valence-electron chi connectivity index (χ0n) is 11.5. The van der Waals surface area contributed by atoms with E-state index in [9.17, 15) is 4.79 Å². The van der Waals surface area contributed by atoms with Crippen molar-refractivity contribution in [1.29, 1.82) is 5.26 Å². The molecule has 0 spiro atoms. The number of para-hydroxylation sites is 1. The van der Waals surface area contributed by atoms with Gasteiger partial charge in [0.25, 0.3) is 0 Å². The fourth-order valence-corrected chi connectivity index (χ4v) is 2.48. The molecule has 0 heterocycles. The van der Waals surface area contributed by atoms with Crippen LogP contribution in [0.5, 0.6) is 0 Å². The number of amides is 1. The molecule has 20 heavy (non-hydrogen) atoms. The summed E-state index contributed by atoms with van der Waals surface area (Å²) in [6.07, 6.45) is 5.05. The van der Waals surface area contributed by atoms with Crippen LogP contribution in [0.4, 0.5) is 5.69 Å². The van der Waals surface area contributed by atoms with Crippen LogP contribution < -0.4 is 5.32 Å². The second-order valence-electron chi connectivity index (χ2n) is 5.81. The first-order valence-electron chi connectivity index (χ1n) is 7.29. The highest BCUT2D eigenvalue weighted by Crippen LogP contribution is 2.34. The third-order valence-electron chi connectivity index (χ3n) is 3.92. The fourth-order valence-electron chi connectivity index (χ4n) is 2.48. The third-order valence-corrected chi connectivity index (χ3v) is 3.92. The maximum absolute atomic E-state index is 12.2. The Morgan fingerprint density at radius 2 is 2.05 bits per heavy atom. The van der Waals surface area contributed by atoms with Crippen molar-refractivity contribution in [2.24, 2.45) is 5.92 Å². The molecular weight excluding hydrogens is 250 g/mol. The summed E-state index contributed by atoms with van der Waals surface area (Å²) in [4.78, 5) is 14.5. The molecule has 0 radical (unpaired) electrons. The van der Waals surface area contributed by atoms with E-state index in [0.717, 1.165) is 12.5 Å². The molecule has 1 amide bonds. The zero-order valence-corrected chi connectivity index (χ0v) is 11.5. The molecule has 104 valence electrons. The van der Waals surface area contributed by atoms with Crippen molar-refractivity contribution in [2.75, 3.05) is 18.4 Å². The van der Waals surface area contributed by atoms with E-state index in [1.54, 1.807) is 18.2 Å². The molecule has 1 N–H and O–H groups in total. The number of nitrogens with zero attached hydrogens (tertiary/aromatic N) is 2. The second kappa shape index (κ2) is 5.64. The molecule has 4 nitrogen and oxygen atoms in total. The van der Waals surface area contributed by atoms with Gasteiger partial charge in [-0.25, -0.2) is 0 Å². The lowest BCUT2D eigenvalue weighted by molar-refractivity contribution is -0.117. The predicted molar refractivity (Wildman–Crippen MR) is 77.1 cm³/mol. The summed E-state index contributed by atoms with van der Waals surface area (Å²) >= 11 is 0. The van der Waals surface area contributed by atoms with Gasteiger partial charge in [-0.3, -0.25) is 9.69 Å². The Bertz CT molecular complexity index is 541. The summed E-state index contributed by atoms with van der Waals surface area (Å²) in [7, 11) is 0. The van der Waals surface area contributed by atoms with Crippen molar-refractivity contribution in [3.8, 4) is 6.07 Å². The summed E-state index contributed by atoms with van der Waals surface area (Å²) in [5, 5.41) is 11.9. The zero-order chi connectivity index (χ0) is 13.9. The van der Waals surface area contributed by atoms with E-state index >= 15 is 0 Å². The van der Waals surface area contributed by atoms with E-state index in [1.165, 1.54) is 25.7 Å². The normalized spacial score (nSPS) is 17.8. The Labute approximate surface area is 119 Å². The van der Waals surface area contributed by atoms with Gasteiger partial charge in [0.15, 0.2) is 0 Å². The van der Waals surface area contributed by atoms with Gasteiger partial charge in [0.1, 0.15) is 6.07 Å². The summed E-state index contributed by atoms with van der Waals surface area (Å²) in [5.41, 5.74) is 1.13. The lowest BCUT2D eigenvalue weighted by atomic mass is 10.2. The van der Waals surface area contributed by atoms with Crippen molar-refractivity contribution in [3.63, 3.8) is 0 Å². The lowest BCUT2D eigenvalue weighted by Gasteiger charge is -2.21. The number of anilines is 1. The molecule has 2 aliphatic rings. The molecule has 0 atom stereocenters. The van der Waals surface area contributed by atoms with Gasteiger partial charge >= 0.3 is 0 Å². The van der Waals surface area contributed by atoms with Crippen molar-refractivity contribution in [2.45, 2.75) is 31.7 Å². The van der Waals surface area contributed by atoms with Crippen LogP contribution in [0, 0.1) is 17.2 Å². The molecule has 0 saturated heterocycles. The van der Waals surface area contributed by atoms with Crippen molar-refractivity contribution in [1.82, 2.24) is 4.90 Å². The van der Waals surface area contributed by atoms with E-state index in [1.807, 2.05) is 6.07 Å². The number of carbonyl (C=O) groups excluding carboxylic acids is 1. The Hall–Kier alpha value is -1.86. The maximum Gasteiger partial charge on any atom is 0.238 e. The SMILES string of the molecule is N#Cc1ccccc1NC(=O)CN(CC1CC1)C1CC1. The Morgan fingerprint density at radius 1 is 1.30 bits per heavy atom. The Kier molecular flexibility index (Phi) is 3.70. The van der Waals surface area contributed by atoms with Gasteiger partial charge < -0.3 is 5.32 Å². The molecule has 0 unspecified atom stereocenters. The smallest absolute Gasteiger partial charge is 0.238 e. The van der Waals surface area contributed by atoms with E-state index in [4.69, 9.17) is 5.26 Å². The number of benzene rings is 1. The van der Waals surface area contributed by atoms with Crippen LogP contribution in [0.1, 0.15) is 31.2 Å². The second-order valence-corrected chi connectivity index (χ2v) is 5.81. The molecule has 3 rings (SSSR count). The van der Waals surface area contributed by atoms with Crippen LogP contribution in [-0.2, 0) is 4.79 Å². The minimum absolute atomic E-state index is 0.0137. The molecule has 0 aromatic heterocycles. The number of nitrogens with one attached hydrogen (secondary N) is 1. The van der Waals surface area contributed by atoms with Crippen molar-refractivity contribution >= 4 is 11.6 Å². The van der Waals surface area contributed by atoms with Crippen molar-refractivity contribution < 1.29 is 4.79 Å². The predicted octanol–water partition coefficient (Wildman–Crippen LogP) is 2.37. The minimum atomic E-state index is -0.0137. The highest BCUT2D eigenvalue weighted by Gasteiger charge is 2.34. The number of carbonyl (C=O) groups is 1. The minimum Gasteiger partial charge on any atom is -0.324 e. The number of hydrogen-bond acceptors (Lipinski definition) is 3. The molecule has 1 aromatic rings. The number of nitriles is 1. The van der Waals surface area contributed by atoms with E-state index < -0.39 is 0 Å². The maximum atomic E-state index is 12.2. The molecular formula is C16H19N3O. The van der Waals surface area contributed by atoms with Crippen LogP contribution in [-0.4, -0.2) is 29.9 Å². The van der Waals surface area contributed by atoms with Gasteiger partial charge in [-0.2, -0.15) is 5.26 Å². The van der Waals surface area contributed by atoms with Crippen LogP contribution in [0.2, 0.25) is 0 Å². The van der Waals surface area contributed by atoms with Gasteiger partial charge in [0.2, 0.25) is 5.91 Å². The average molecular weight is 269 g/mol. The molecule has 1 aromatic carbocycles. The Morgan fingerprint density at radius 3 is 2.70 bits per heavy atom. The number of rotatable bonds is 6. The van der Waals surface area contributed by atoms with Crippen LogP contribution >= 0.6 is 0 Å². The molecule has 4 heteroatoms. The van der Waals surface area contributed by atoms with E-state index in [-0.39, 0.29) is 5.91 Å². The van der Waals surface area contributed by atoms with Gasteiger partial charge in [0, 0.05) is 12.6 Å².